The number of carbonyl (C=O) groups is 1. The minimum absolute atomic E-state index is 0.0452. The van der Waals surface area contributed by atoms with E-state index in [-0.39, 0.29) is 10.9 Å². The van der Waals surface area contributed by atoms with Gasteiger partial charge in [-0.1, -0.05) is 12.2 Å². The minimum Gasteiger partial charge on any atom is -0.389 e. The highest BCUT2D eigenvalue weighted by Crippen LogP contribution is 2.18. The predicted molar refractivity (Wildman–Crippen MR) is 74.6 cm³/mol. The molecule has 0 aliphatic heterocycles. The van der Waals surface area contributed by atoms with E-state index in [1.54, 1.807) is 7.05 Å². The fourth-order valence-corrected chi connectivity index (χ4v) is 1.70. The molecule has 6 nitrogen and oxygen atoms in total. The monoisotopic (exact) mass is 267 g/mol. The average molecular weight is 267 g/mol. The van der Waals surface area contributed by atoms with Gasteiger partial charge >= 0.3 is 0 Å². The van der Waals surface area contributed by atoms with Crippen LogP contribution < -0.4 is 16.4 Å². The average Bonchev–Trinajstić information content (AvgIpc) is 2.33. The van der Waals surface area contributed by atoms with Crippen molar-refractivity contribution in [2.75, 3.05) is 18.9 Å². The summed E-state index contributed by atoms with van der Waals surface area (Å²) in [5.74, 6) is 0.477. The van der Waals surface area contributed by atoms with Crippen molar-refractivity contribution in [3.05, 3.63) is 16.8 Å². The van der Waals surface area contributed by atoms with Gasteiger partial charge in [-0.15, -0.1) is 5.10 Å². The largest absolute Gasteiger partial charge is 0.389 e. The van der Waals surface area contributed by atoms with Crippen LogP contribution in [-0.4, -0.2) is 34.7 Å². The fraction of sp³-hybridized carbons (Fsp3) is 0.455. The number of nitrogens with two attached hydrogens (primary N) is 1. The molecule has 0 aliphatic rings. The van der Waals surface area contributed by atoms with E-state index in [9.17, 15) is 4.79 Å². The topological polar surface area (TPSA) is 92.9 Å². The van der Waals surface area contributed by atoms with Gasteiger partial charge in [0.15, 0.2) is 5.82 Å². The molecular weight excluding hydrogens is 250 g/mol. The van der Waals surface area contributed by atoms with Gasteiger partial charge in [-0.3, -0.25) is 4.79 Å². The van der Waals surface area contributed by atoms with E-state index in [0.29, 0.717) is 24.3 Å². The van der Waals surface area contributed by atoms with Gasteiger partial charge in [-0.05, 0) is 19.4 Å². The third kappa shape index (κ3) is 3.36. The predicted octanol–water partition coefficient (Wildman–Crippen LogP) is 0.276. The maximum Gasteiger partial charge on any atom is 0.221 e. The van der Waals surface area contributed by atoms with E-state index in [1.807, 2.05) is 13.8 Å². The molecule has 0 saturated carbocycles. The van der Waals surface area contributed by atoms with Gasteiger partial charge in [-0.25, -0.2) is 0 Å². The molecule has 0 atom stereocenters. The maximum atomic E-state index is 11.1. The van der Waals surface area contributed by atoms with Crippen LogP contribution in [0.15, 0.2) is 0 Å². The van der Waals surface area contributed by atoms with Crippen LogP contribution in [0, 0.1) is 13.8 Å². The number of rotatable bonds is 5. The molecule has 1 aromatic rings. The number of nitrogens with one attached hydrogen (secondary N) is 2. The first-order valence-corrected chi connectivity index (χ1v) is 5.96. The van der Waals surface area contributed by atoms with Gasteiger partial charge in [-0.2, -0.15) is 5.10 Å². The van der Waals surface area contributed by atoms with Crippen molar-refractivity contribution in [2.24, 2.45) is 5.73 Å². The van der Waals surface area contributed by atoms with Crippen LogP contribution in [0.2, 0.25) is 0 Å². The van der Waals surface area contributed by atoms with E-state index in [2.05, 4.69) is 20.8 Å². The van der Waals surface area contributed by atoms with Gasteiger partial charge in [0.1, 0.15) is 4.99 Å². The number of carbonyl (C=O) groups excluding carboxylic acids is 1. The van der Waals surface area contributed by atoms with Crippen LogP contribution in [-0.2, 0) is 4.79 Å². The molecule has 1 heterocycles. The number of nitrogens with zero attached hydrogens (tertiary/aromatic N) is 2. The molecule has 98 valence electrons. The number of aryl methyl sites for hydroxylation is 1. The maximum absolute atomic E-state index is 11.1. The molecule has 7 heteroatoms. The molecule has 0 saturated heterocycles. The molecule has 0 unspecified atom stereocenters. The lowest BCUT2D eigenvalue weighted by Crippen LogP contribution is -2.23. The van der Waals surface area contributed by atoms with Gasteiger partial charge in [0, 0.05) is 20.0 Å². The Bertz CT molecular complexity index is 475. The second-order valence-electron chi connectivity index (χ2n) is 3.85. The zero-order valence-electron chi connectivity index (χ0n) is 10.7. The van der Waals surface area contributed by atoms with Crippen molar-refractivity contribution in [1.82, 2.24) is 15.5 Å². The van der Waals surface area contributed by atoms with Gasteiger partial charge in [0.25, 0.3) is 0 Å². The van der Waals surface area contributed by atoms with E-state index in [4.69, 9.17) is 18.0 Å². The summed E-state index contributed by atoms with van der Waals surface area (Å²) < 4.78 is 0. The Kier molecular flexibility index (Phi) is 4.96. The first-order chi connectivity index (χ1) is 8.47. The summed E-state index contributed by atoms with van der Waals surface area (Å²) in [5, 5.41) is 13.6. The number of hydrogen-bond acceptors (Lipinski definition) is 5. The summed E-state index contributed by atoms with van der Waals surface area (Å²) in [6.45, 7) is 4.19. The number of amides is 1. The number of hydrogen-bond donors (Lipinski definition) is 3. The second-order valence-corrected chi connectivity index (χ2v) is 4.29. The lowest BCUT2D eigenvalue weighted by atomic mass is 10.1. The van der Waals surface area contributed by atoms with Crippen LogP contribution in [0.3, 0.4) is 0 Å². The summed E-state index contributed by atoms with van der Waals surface area (Å²) in [7, 11) is 1.60. The van der Waals surface area contributed by atoms with Crippen LogP contribution in [0.4, 0.5) is 5.82 Å². The molecule has 0 radical (unpaired) electrons. The first kappa shape index (κ1) is 14.3. The first-order valence-electron chi connectivity index (χ1n) is 5.55. The van der Waals surface area contributed by atoms with Crippen molar-refractivity contribution >= 4 is 28.9 Å². The van der Waals surface area contributed by atoms with Crippen LogP contribution in [0.1, 0.15) is 23.2 Å². The third-order valence-electron chi connectivity index (χ3n) is 2.62. The normalized spacial score (nSPS) is 9.94. The van der Waals surface area contributed by atoms with Crippen LogP contribution in [0.5, 0.6) is 0 Å². The lowest BCUT2D eigenvalue weighted by Gasteiger charge is -2.12. The molecule has 0 fully saturated rings. The fourth-order valence-electron chi connectivity index (χ4n) is 1.45. The van der Waals surface area contributed by atoms with Crippen molar-refractivity contribution < 1.29 is 4.79 Å². The van der Waals surface area contributed by atoms with Crippen LogP contribution in [0.25, 0.3) is 0 Å². The highest BCUT2D eigenvalue weighted by Gasteiger charge is 2.13. The summed E-state index contributed by atoms with van der Waals surface area (Å²) in [4.78, 5) is 11.4. The summed E-state index contributed by atoms with van der Waals surface area (Å²) in [5.41, 5.74) is 8.07. The molecule has 0 bridgehead atoms. The highest BCUT2D eigenvalue weighted by atomic mass is 32.1. The molecule has 18 heavy (non-hydrogen) atoms. The molecule has 1 rings (SSSR count). The lowest BCUT2D eigenvalue weighted by molar-refractivity contribution is -0.120. The van der Waals surface area contributed by atoms with Crippen molar-refractivity contribution in [2.45, 2.75) is 20.3 Å². The van der Waals surface area contributed by atoms with Gasteiger partial charge in [0.05, 0.1) is 11.3 Å². The molecule has 1 amide bonds. The molecular formula is C11H17N5OS. The Labute approximate surface area is 111 Å². The molecule has 0 aliphatic carbocycles. The van der Waals surface area contributed by atoms with Crippen molar-refractivity contribution in [1.29, 1.82) is 0 Å². The van der Waals surface area contributed by atoms with E-state index >= 15 is 0 Å². The summed E-state index contributed by atoms with van der Waals surface area (Å²) >= 11 is 5.01. The Balaban J connectivity index is 2.86. The SMILES string of the molecule is CNC(=O)CCNc1nnc(C)c(C)c1C(N)=S. The molecule has 0 spiro atoms. The van der Waals surface area contributed by atoms with Crippen LogP contribution >= 0.6 is 12.2 Å². The minimum atomic E-state index is -0.0452. The Morgan fingerprint density at radius 3 is 2.61 bits per heavy atom. The number of aromatic nitrogens is 2. The van der Waals surface area contributed by atoms with E-state index < -0.39 is 0 Å². The second kappa shape index (κ2) is 6.25. The molecule has 0 aromatic carbocycles. The van der Waals surface area contributed by atoms with Gasteiger partial charge in [0.2, 0.25) is 5.91 Å². The number of thiocarbonyl (C=S) groups is 1. The third-order valence-corrected chi connectivity index (χ3v) is 2.83. The quantitative estimate of drug-likeness (QED) is 0.663. The molecule has 4 N–H and O–H groups in total. The summed E-state index contributed by atoms with van der Waals surface area (Å²) in [6.07, 6.45) is 0.349. The number of anilines is 1. The molecule has 1 aromatic heterocycles. The highest BCUT2D eigenvalue weighted by molar-refractivity contribution is 7.80. The zero-order chi connectivity index (χ0) is 13.7. The summed E-state index contributed by atoms with van der Waals surface area (Å²) in [6, 6.07) is 0. The van der Waals surface area contributed by atoms with E-state index in [0.717, 1.165) is 11.3 Å². The van der Waals surface area contributed by atoms with Crippen molar-refractivity contribution in [3.63, 3.8) is 0 Å². The standard InChI is InChI=1S/C11H17N5OS/c1-6-7(2)15-16-11(9(6)10(12)18)14-5-4-8(17)13-3/h4-5H2,1-3H3,(H2,12,18)(H,13,17)(H,14,16). The Hall–Kier alpha value is -1.76. The Morgan fingerprint density at radius 1 is 1.39 bits per heavy atom. The zero-order valence-corrected chi connectivity index (χ0v) is 11.5. The Morgan fingerprint density at radius 2 is 2.06 bits per heavy atom. The van der Waals surface area contributed by atoms with E-state index in [1.165, 1.54) is 0 Å². The van der Waals surface area contributed by atoms with Gasteiger partial charge < -0.3 is 16.4 Å². The smallest absolute Gasteiger partial charge is 0.221 e. The van der Waals surface area contributed by atoms with Crippen molar-refractivity contribution in [3.8, 4) is 0 Å².